The van der Waals surface area contributed by atoms with Crippen molar-refractivity contribution >= 4 is 18.0 Å². The number of hydrogen-bond donors (Lipinski definition) is 1. The van der Waals surface area contributed by atoms with Crippen molar-refractivity contribution in [3.63, 3.8) is 0 Å². The van der Waals surface area contributed by atoms with Gasteiger partial charge in [-0.3, -0.25) is 0 Å². The van der Waals surface area contributed by atoms with Gasteiger partial charge in [0.25, 0.3) is 0 Å². The largest absolute Gasteiger partial charge is 0.463 e. The SMILES string of the molecule is CCOC(=O)/C1=C/[C@@H]2[C@@H](C(C)C)CC=C(C)[C@@H]2C[C@H](OC(=O)/C=C/c2cn(C)cn2)C/C=C\[C@@H]1O. The van der Waals surface area contributed by atoms with Crippen molar-refractivity contribution in [3.8, 4) is 0 Å². The number of hydrogen-bond acceptors (Lipinski definition) is 6. The molecule has 35 heavy (non-hydrogen) atoms. The van der Waals surface area contributed by atoms with Gasteiger partial charge in [0.15, 0.2) is 0 Å². The minimum Gasteiger partial charge on any atom is -0.463 e. The molecular formula is C28H38N2O5. The predicted octanol–water partition coefficient (Wildman–Crippen LogP) is 4.40. The zero-order valence-electron chi connectivity index (χ0n) is 21.4. The average Bonchev–Trinajstić information content (AvgIpc) is 3.22. The van der Waals surface area contributed by atoms with Gasteiger partial charge >= 0.3 is 11.9 Å². The van der Waals surface area contributed by atoms with E-state index in [0.29, 0.717) is 30.4 Å². The molecule has 7 nitrogen and oxygen atoms in total. The Balaban J connectivity index is 1.89. The van der Waals surface area contributed by atoms with Crippen LogP contribution >= 0.6 is 0 Å². The highest BCUT2D eigenvalue weighted by Gasteiger charge is 2.37. The summed E-state index contributed by atoms with van der Waals surface area (Å²) in [7, 11) is 1.87. The molecule has 5 atom stereocenters. The summed E-state index contributed by atoms with van der Waals surface area (Å²) < 4.78 is 12.9. The van der Waals surface area contributed by atoms with Crippen LogP contribution in [0.25, 0.3) is 6.08 Å². The molecule has 1 aromatic heterocycles. The first kappa shape index (κ1) is 26.7. The van der Waals surface area contributed by atoms with Gasteiger partial charge in [-0.2, -0.15) is 0 Å². The first-order valence-electron chi connectivity index (χ1n) is 12.5. The fourth-order valence-electron chi connectivity index (χ4n) is 5.06. The van der Waals surface area contributed by atoms with Gasteiger partial charge in [0.05, 0.1) is 24.2 Å². The van der Waals surface area contributed by atoms with Crippen molar-refractivity contribution < 1.29 is 24.2 Å². The molecule has 0 aromatic carbocycles. The molecule has 190 valence electrons. The average molecular weight is 483 g/mol. The highest BCUT2D eigenvalue weighted by Crippen LogP contribution is 2.43. The number of aryl methyl sites for hydroxylation is 1. The molecule has 0 spiro atoms. The fourth-order valence-corrected chi connectivity index (χ4v) is 5.06. The summed E-state index contributed by atoms with van der Waals surface area (Å²) in [5, 5.41) is 10.9. The van der Waals surface area contributed by atoms with Crippen molar-refractivity contribution in [1.82, 2.24) is 9.55 Å². The second-order valence-electron chi connectivity index (χ2n) is 9.82. The number of ether oxygens (including phenoxy) is 2. The number of aliphatic hydroxyl groups is 1. The molecule has 0 saturated carbocycles. The van der Waals surface area contributed by atoms with Crippen LogP contribution in [0.2, 0.25) is 0 Å². The summed E-state index contributed by atoms with van der Waals surface area (Å²) in [6, 6.07) is 0. The van der Waals surface area contributed by atoms with Crippen LogP contribution in [0, 0.1) is 23.7 Å². The van der Waals surface area contributed by atoms with E-state index in [4.69, 9.17) is 9.47 Å². The van der Waals surface area contributed by atoms with Gasteiger partial charge in [0, 0.05) is 25.7 Å². The van der Waals surface area contributed by atoms with E-state index in [0.717, 1.165) is 6.42 Å². The molecular weight excluding hydrogens is 444 g/mol. The van der Waals surface area contributed by atoms with E-state index in [1.54, 1.807) is 31.5 Å². The first-order chi connectivity index (χ1) is 16.7. The molecule has 0 radical (unpaired) electrons. The third kappa shape index (κ3) is 7.04. The van der Waals surface area contributed by atoms with Crippen LogP contribution in [0.1, 0.15) is 52.7 Å². The standard InChI is InChI=1S/C28H38N2O5/c1-6-34-28(33)25-15-24-22(18(2)3)12-10-19(4)23(24)14-21(8-7-9-26(25)31)35-27(32)13-11-20-16-30(5)17-29-20/h7,9-11,13,15-18,21-24,26,31H,6,8,12,14H2,1-5H3/b9-7-,13-11+,25-15+/t21-,22-,23+,24-,26+/m1/s1. The lowest BCUT2D eigenvalue weighted by Gasteiger charge is -2.40. The molecule has 0 bridgehead atoms. The minimum atomic E-state index is -1.08. The number of rotatable bonds is 6. The Morgan fingerprint density at radius 3 is 2.74 bits per heavy atom. The van der Waals surface area contributed by atoms with E-state index < -0.39 is 18.0 Å². The van der Waals surface area contributed by atoms with Crippen LogP contribution < -0.4 is 0 Å². The lowest BCUT2D eigenvalue weighted by atomic mass is 9.65. The fraction of sp³-hybridized carbons (Fsp3) is 0.536. The summed E-state index contributed by atoms with van der Waals surface area (Å²) in [4.78, 5) is 29.5. The van der Waals surface area contributed by atoms with Crippen molar-refractivity contribution in [3.05, 3.63) is 59.7 Å². The Labute approximate surface area is 208 Å². The maximum Gasteiger partial charge on any atom is 0.336 e. The molecule has 0 aliphatic heterocycles. The summed E-state index contributed by atoms with van der Waals surface area (Å²) in [5.41, 5.74) is 2.18. The molecule has 0 saturated heterocycles. The number of nitrogens with zero attached hydrogens (tertiary/aromatic N) is 2. The number of esters is 2. The van der Waals surface area contributed by atoms with Gasteiger partial charge in [-0.15, -0.1) is 0 Å². The molecule has 2 aliphatic rings. The Kier molecular flexibility index (Phi) is 9.26. The second-order valence-corrected chi connectivity index (χ2v) is 9.82. The van der Waals surface area contributed by atoms with Gasteiger partial charge in [0.2, 0.25) is 0 Å². The maximum absolute atomic E-state index is 12.7. The summed E-state index contributed by atoms with van der Waals surface area (Å²) in [5.74, 6) is -0.138. The van der Waals surface area contributed by atoms with Crippen LogP contribution in [0.15, 0.2) is 54.1 Å². The van der Waals surface area contributed by atoms with Gasteiger partial charge < -0.3 is 19.1 Å². The van der Waals surface area contributed by atoms with Crippen LogP contribution in [0.4, 0.5) is 0 Å². The van der Waals surface area contributed by atoms with E-state index in [1.807, 2.05) is 23.9 Å². The Bertz CT molecular complexity index is 1020. The van der Waals surface area contributed by atoms with Gasteiger partial charge in [0.1, 0.15) is 12.2 Å². The van der Waals surface area contributed by atoms with Gasteiger partial charge in [-0.05, 0) is 56.4 Å². The van der Waals surface area contributed by atoms with E-state index in [9.17, 15) is 14.7 Å². The van der Waals surface area contributed by atoms with Gasteiger partial charge in [-0.1, -0.05) is 43.7 Å². The zero-order valence-corrected chi connectivity index (χ0v) is 21.4. The quantitative estimate of drug-likeness (QED) is 0.367. The molecule has 7 heteroatoms. The lowest BCUT2D eigenvalue weighted by molar-refractivity contribution is -0.143. The molecule has 1 heterocycles. The predicted molar refractivity (Wildman–Crippen MR) is 135 cm³/mol. The molecule has 2 aliphatic carbocycles. The maximum atomic E-state index is 12.7. The zero-order chi connectivity index (χ0) is 25.5. The normalized spacial score (nSPS) is 29.6. The number of fused-ring (bicyclic) bond motifs is 1. The Hall–Kier alpha value is -2.93. The summed E-state index contributed by atoms with van der Waals surface area (Å²) in [6.45, 7) is 8.48. The van der Waals surface area contributed by atoms with Crippen LogP contribution in [0.5, 0.6) is 0 Å². The van der Waals surface area contributed by atoms with Crippen molar-refractivity contribution in [2.75, 3.05) is 6.61 Å². The number of allylic oxidation sites excluding steroid dienone is 3. The van der Waals surface area contributed by atoms with Crippen molar-refractivity contribution in [1.29, 1.82) is 0 Å². The summed E-state index contributed by atoms with van der Waals surface area (Å²) >= 11 is 0. The molecule has 0 fully saturated rings. The van der Waals surface area contributed by atoms with Crippen molar-refractivity contribution in [2.24, 2.45) is 30.7 Å². The van der Waals surface area contributed by atoms with Crippen LogP contribution in [-0.4, -0.2) is 45.4 Å². The highest BCUT2D eigenvalue weighted by molar-refractivity contribution is 5.90. The second kappa shape index (κ2) is 12.2. The monoisotopic (exact) mass is 482 g/mol. The molecule has 0 unspecified atom stereocenters. The Morgan fingerprint density at radius 1 is 1.31 bits per heavy atom. The minimum absolute atomic E-state index is 0.0193. The van der Waals surface area contributed by atoms with E-state index in [1.165, 1.54) is 11.6 Å². The van der Waals surface area contributed by atoms with E-state index >= 15 is 0 Å². The molecule has 0 amide bonds. The first-order valence-corrected chi connectivity index (χ1v) is 12.5. The number of carbonyl (C=O) groups excluding carboxylic acids is 2. The van der Waals surface area contributed by atoms with Crippen LogP contribution in [-0.2, 0) is 26.1 Å². The number of imidazole rings is 1. The van der Waals surface area contributed by atoms with E-state index in [-0.39, 0.29) is 30.1 Å². The smallest absolute Gasteiger partial charge is 0.336 e. The third-order valence-corrected chi connectivity index (χ3v) is 6.95. The van der Waals surface area contributed by atoms with Crippen molar-refractivity contribution in [2.45, 2.75) is 59.2 Å². The van der Waals surface area contributed by atoms with Crippen LogP contribution in [0.3, 0.4) is 0 Å². The topological polar surface area (TPSA) is 90.7 Å². The van der Waals surface area contributed by atoms with Gasteiger partial charge in [-0.25, -0.2) is 14.6 Å². The Morgan fingerprint density at radius 2 is 2.09 bits per heavy atom. The third-order valence-electron chi connectivity index (χ3n) is 6.95. The number of aliphatic hydroxyl groups excluding tert-OH is 1. The molecule has 1 N–H and O–H groups in total. The number of aromatic nitrogens is 2. The lowest BCUT2D eigenvalue weighted by Crippen LogP contribution is -2.35. The molecule has 1 aromatic rings. The summed E-state index contributed by atoms with van der Waals surface area (Å²) in [6.07, 6.45) is 14.6. The van der Waals surface area contributed by atoms with E-state index in [2.05, 4.69) is 31.8 Å². The number of carbonyl (C=O) groups is 2. The highest BCUT2D eigenvalue weighted by atomic mass is 16.5. The molecule has 3 rings (SSSR count).